The van der Waals surface area contributed by atoms with Crippen molar-refractivity contribution >= 4 is 17.7 Å². The van der Waals surface area contributed by atoms with Crippen LogP contribution in [0.25, 0.3) is 0 Å². The van der Waals surface area contributed by atoms with Crippen LogP contribution in [0, 0.1) is 0 Å². The third-order valence-corrected chi connectivity index (χ3v) is 5.73. The molecule has 1 aliphatic heterocycles. The Balaban J connectivity index is 1.44. The van der Waals surface area contributed by atoms with Gasteiger partial charge in [-0.2, -0.15) is 0 Å². The molecule has 0 bridgehead atoms. The summed E-state index contributed by atoms with van der Waals surface area (Å²) >= 11 is 0. The highest BCUT2D eigenvalue weighted by molar-refractivity contribution is 6.07. The summed E-state index contributed by atoms with van der Waals surface area (Å²) in [5, 5.41) is 13.3. The molecule has 30 heavy (non-hydrogen) atoms. The molecule has 2 atom stereocenters. The number of urea groups is 1. The lowest BCUT2D eigenvalue weighted by molar-refractivity contribution is -0.133. The normalized spacial score (nSPS) is 21.3. The summed E-state index contributed by atoms with van der Waals surface area (Å²) in [5.74, 6) is 0.0206. The van der Waals surface area contributed by atoms with E-state index in [1.807, 2.05) is 24.3 Å². The third kappa shape index (κ3) is 3.57. The van der Waals surface area contributed by atoms with Crippen LogP contribution in [0.5, 0.6) is 5.75 Å². The van der Waals surface area contributed by atoms with Crippen LogP contribution in [-0.4, -0.2) is 47.0 Å². The van der Waals surface area contributed by atoms with Gasteiger partial charge in [-0.1, -0.05) is 36.4 Å². The van der Waals surface area contributed by atoms with Gasteiger partial charge in [-0.25, -0.2) is 4.79 Å². The van der Waals surface area contributed by atoms with E-state index in [0.717, 1.165) is 28.9 Å². The van der Waals surface area contributed by atoms with Gasteiger partial charge in [0, 0.05) is 5.56 Å². The number of nitrogens with one attached hydrogen (secondary N) is 1. The van der Waals surface area contributed by atoms with Gasteiger partial charge in [0.25, 0.3) is 5.91 Å². The number of aryl methyl sites for hydroxylation is 1. The summed E-state index contributed by atoms with van der Waals surface area (Å²) in [5.41, 5.74) is 1.36. The minimum atomic E-state index is -1.06. The average Bonchev–Trinajstić information content (AvgIpc) is 2.97. The Labute approximate surface area is 174 Å². The molecule has 3 amide bonds. The van der Waals surface area contributed by atoms with Crippen molar-refractivity contribution in [1.29, 1.82) is 0 Å². The van der Waals surface area contributed by atoms with Gasteiger partial charge in [0.2, 0.25) is 0 Å². The van der Waals surface area contributed by atoms with E-state index in [-0.39, 0.29) is 24.8 Å². The van der Waals surface area contributed by atoms with Crippen molar-refractivity contribution < 1.29 is 24.2 Å². The number of rotatable bonds is 6. The second kappa shape index (κ2) is 7.91. The molecule has 0 unspecified atom stereocenters. The lowest BCUT2D eigenvalue weighted by atomic mass is 9.76. The predicted octanol–water partition coefficient (Wildman–Crippen LogP) is 2.41. The molecule has 1 heterocycles. The zero-order valence-electron chi connectivity index (χ0n) is 16.8. The first kappa shape index (κ1) is 20.1. The van der Waals surface area contributed by atoms with Crippen LogP contribution in [0.1, 0.15) is 41.3 Å². The fraction of sp³-hybridized carbons (Fsp3) is 0.348. The summed E-state index contributed by atoms with van der Waals surface area (Å²) in [6.07, 6.45) is 1.15. The minimum absolute atomic E-state index is 0.0848. The molecule has 2 aromatic carbocycles. The Hall–Kier alpha value is -3.19. The second-order valence-corrected chi connectivity index (χ2v) is 7.81. The number of Topliss-reactive ketones (excluding diaryl/α,β-unsaturated/α-hetero) is 1. The van der Waals surface area contributed by atoms with Crippen molar-refractivity contribution in [3.8, 4) is 5.75 Å². The van der Waals surface area contributed by atoms with Gasteiger partial charge in [-0.3, -0.25) is 14.5 Å². The number of imide groups is 1. The number of hydrogen-bond donors (Lipinski definition) is 2. The van der Waals surface area contributed by atoms with Gasteiger partial charge in [0.15, 0.2) is 5.78 Å². The Morgan fingerprint density at radius 1 is 1.23 bits per heavy atom. The van der Waals surface area contributed by atoms with Gasteiger partial charge in [-0.05, 0) is 49.4 Å². The number of ether oxygens (including phenoxy) is 1. The number of amides is 3. The number of fused-ring (bicyclic) bond motifs is 2. The smallest absolute Gasteiger partial charge is 0.325 e. The molecule has 1 saturated heterocycles. The Morgan fingerprint density at radius 2 is 2.03 bits per heavy atom. The topological polar surface area (TPSA) is 95.9 Å². The van der Waals surface area contributed by atoms with Crippen molar-refractivity contribution in [3.63, 3.8) is 0 Å². The van der Waals surface area contributed by atoms with Gasteiger partial charge >= 0.3 is 6.03 Å². The molecule has 1 fully saturated rings. The van der Waals surface area contributed by atoms with E-state index in [1.165, 1.54) is 6.92 Å². The summed E-state index contributed by atoms with van der Waals surface area (Å²) in [7, 11) is 0. The van der Waals surface area contributed by atoms with Crippen LogP contribution >= 0.6 is 0 Å². The maximum absolute atomic E-state index is 13.2. The Bertz CT molecular complexity index is 1000. The second-order valence-electron chi connectivity index (χ2n) is 7.81. The highest BCUT2D eigenvalue weighted by Gasteiger charge is 2.54. The summed E-state index contributed by atoms with van der Waals surface area (Å²) in [6, 6.07) is 13.8. The van der Waals surface area contributed by atoms with Crippen molar-refractivity contribution in [1.82, 2.24) is 10.2 Å². The number of carbonyl (C=O) groups excluding carboxylic acids is 3. The molecule has 7 heteroatoms. The number of benzene rings is 2. The Kier molecular flexibility index (Phi) is 5.30. The maximum Gasteiger partial charge on any atom is 0.325 e. The first-order chi connectivity index (χ1) is 14.4. The molecule has 1 aliphatic carbocycles. The van der Waals surface area contributed by atoms with Crippen molar-refractivity contribution in [3.05, 3.63) is 65.2 Å². The largest absolute Gasteiger partial charge is 0.491 e. The number of carbonyl (C=O) groups is 3. The number of nitrogens with zero attached hydrogens (tertiary/aromatic N) is 1. The minimum Gasteiger partial charge on any atom is -0.491 e. The Morgan fingerprint density at radius 3 is 2.83 bits per heavy atom. The highest BCUT2D eigenvalue weighted by atomic mass is 16.5. The molecule has 1 spiro atoms. The zero-order valence-corrected chi connectivity index (χ0v) is 16.8. The lowest BCUT2D eigenvalue weighted by Crippen LogP contribution is -2.47. The van der Waals surface area contributed by atoms with E-state index in [9.17, 15) is 19.5 Å². The fourth-order valence-corrected chi connectivity index (χ4v) is 4.24. The van der Waals surface area contributed by atoms with Crippen molar-refractivity contribution in [2.75, 3.05) is 13.2 Å². The number of β-amino-alcohol motifs (C(OH)–C–C–N with tert-alkyl or cyclic N) is 1. The van der Waals surface area contributed by atoms with Crippen molar-refractivity contribution in [2.45, 2.75) is 37.8 Å². The van der Waals surface area contributed by atoms with E-state index in [1.54, 1.807) is 24.3 Å². The van der Waals surface area contributed by atoms with E-state index >= 15 is 0 Å². The molecular weight excluding hydrogens is 384 g/mol. The maximum atomic E-state index is 13.2. The number of hydrogen-bond acceptors (Lipinski definition) is 5. The zero-order chi connectivity index (χ0) is 21.3. The van der Waals surface area contributed by atoms with Gasteiger partial charge in [0.1, 0.15) is 24.0 Å². The number of aliphatic hydroxyl groups is 1. The van der Waals surface area contributed by atoms with E-state index in [4.69, 9.17) is 4.74 Å². The van der Waals surface area contributed by atoms with Crippen LogP contribution < -0.4 is 10.1 Å². The van der Waals surface area contributed by atoms with Crippen LogP contribution in [0.15, 0.2) is 48.5 Å². The van der Waals surface area contributed by atoms with Crippen LogP contribution in [0.3, 0.4) is 0 Å². The first-order valence-electron chi connectivity index (χ1n) is 10.0. The van der Waals surface area contributed by atoms with E-state index in [2.05, 4.69) is 5.32 Å². The molecular formula is C23H24N2O5. The van der Waals surface area contributed by atoms with Crippen LogP contribution in [-0.2, 0) is 16.8 Å². The summed E-state index contributed by atoms with van der Waals surface area (Å²) in [6.45, 7) is 1.19. The molecule has 7 nitrogen and oxygen atoms in total. The van der Waals surface area contributed by atoms with E-state index in [0.29, 0.717) is 17.7 Å². The molecule has 0 aromatic heterocycles. The molecule has 4 rings (SSSR count). The van der Waals surface area contributed by atoms with E-state index < -0.39 is 17.7 Å². The number of aliphatic hydroxyl groups excluding tert-OH is 1. The van der Waals surface area contributed by atoms with Crippen LogP contribution in [0.2, 0.25) is 0 Å². The predicted molar refractivity (Wildman–Crippen MR) is 109 cm³/mol. The standard InChI is InChI=1S/C23H24N2O5/c1-15(26)17-7-4-9-19(12-17)30-14-18(27)13-25-21(28)23(24-22(25)29)11-5-8-16-6-2-3-10-20(16)23/h2-4,6-7,9-10,12,18,27H,5,8,11,13-14H2,1H3,(H,24,29)/t18-,23-/m0/s1. The molecule has 2 aromatic rings. The van der Waals surface area contributed by atoms with Gasteiger partial charge in [-0.15, -0.1) is 0 Å². The summed E-state index contributed by atoms with van der Waals surface area (Å²) in [4.78, 5) is 38.4. The monoisotopic (exact) mass is 408 g/mol. The lowest BCUT2D eigenvalue weighted by Gasteiger charge is -2.33. The third-order valence-electron chi connectivity index (χ3n) is 5.73. The number of ketones is 1. The highest BCUT2D eigenvalue weighted by Crippen LogP contribution is 2.39. The first-order valence-corrected chi connectivity index (χ1v) is 10.0. The van der Waals surface area contributed by atoms with Gasteiger partial charge < -0.3 is 15.2 Å². The molecule has 2 N–H and O–H groups in total. The average molecular weight is 408 g/mol. The molecule has 0 radical (unpaired) electrons. The molecule has 156 valence electrons. The summed E-state index contributed by atoms with van der Waals surface area (Å²) < 4.78 is 5.56. The van der Waals surface area contributed by atoms with Crippen LogP contribution in [0.4, 0.5) is 4.79 Å². The van der Waals surface area contributed by atoms with Gasteiger partial charge in [0.05, 0.1) is 6.54 Å². The fourth-order valence-electron chi connectivity index (χ4n) is 4.24. The SMILES string of the molecule is CC(=O)c1cccc(OC[C@@H](O)CN2C(=O)N[C@]3(CCCc4ccccc43)C2=O)c1. The van der Waals surface area contributed by atoms with Crippen molar-refractivity contribution in [2.24, 2.45) is 0 Å². The quantitative estimate of drug-likeness (QED) is 0.565. The molecule has 2 aliphatic rings. The molecule has 0 saturated carbocycles.